The number of carbonyl (C=O) groups excluding carboxylic acids is 2. The number of hydrogen-bond donors (Lipinski definition) is 0. The smallest absolute Gasteiger partial charge is 0.357 e. The highest BCUT2D eigenvalue weighted by molar-refractivity contribution is 7.10. The van der Waals surface area contributed by atoms with Crippen LogP contribution in [0.1, 0.15) is 28.8 Å². The van der Waals surface area contributed by atoms with Crippen molar-refractivity contribution >= 4 is 23.3 Å². The standard InChI is InChI=1S/C11H11NO4S/c1-3-16-10(13)6-4-5-9-12-8(7-17-9)11(14)15-2/h7H,3,6H2,1-2H3. The third-order valence-corrected chi connectivity index (χ3v) is 2.39. The Morgan fingerprint density at radius 2 is 2.29 bits per heavy atom. The van der Waals surface area contributed by atoms with Crippen molar-refractivity contribution in [2.45, 2.75) is 13.3 Å². The molecule has 90 valence electrons. The van der Waals surface area contributed by atoms with Gasteiger partial charge in [-0.05, 0) is 12.8 Å². The number of thiazole rings is 1. The first-order valence-electron chi connectivity index (χ1n) is 4.85. The summed E-state index contributed by atoms with van der Waals surface area (Å²) in [6.07, 6.45) is 0.0149. The monoisotopic (exact) mass is 253 g/mol. The Hall–Kier alpha value is -1.87. The molecule has 0 unspecified atom stereocenters. The second-order valence-corrected chi connectivity index (χ2v) is 3.67. The quantitative estimate of drug-likeness (QED) is 0.599. The molecule has 0 fully saturated rings. The number of hydrogen-bond acceptors (Lipinski definition) is 6. The summed E-state index contributed by atoms with van der Waals surface area (Å²) < 4.78 is 9.22. The summed E-state index contributed by atoms with van der Waals surface area (Å²) >= 11 is 1.22. The molecule has 1 heterocycles. The minimum absolute atomic E-state index is 0.0149. The minimum Gasteiger partial charge on any atom is -0.465 e. The zero-order chi connectivity index (χ0) is 12.7. The van der Waals surface area contributed by atoms with Crippen molar-refractivity contribution in [3.8, 4) is 11.8 Å². The molecule has 0 saturated heterocycles. The van der Waals surface area contributed by atoms with Crippen molar-refractivity contribution in [3.05, 3.63) is 16.1 Å². The number of methoxy groups -OCH3 is 1. The Morgan fingerprint density at radius 1 is 1.53 bits per heavy atom. The molecule has 0 aromatic carbocycles. The van der Waals surface area contributed by atoms with E-state index in [1.165, 1.54) is 18.4 Å². The van der Waals surface area contributed by atoms with Crippen LogP contribution < -0.4 is 0 Å². The van der Waals surface area contributed by atoms with Gasteiger partial charge in [0.2, 0.25) is 0 Å². The van der Waals surface area contributed by atoms with Crippen molar-refractivity contribution < 1.29 is 19.1 Å². The van der Waals surface area contributed by atoms with Crippen LogP contribution >= 0.6 is 11.3 Å². The highest BCUT2D eigenvalue weighted by atomic mass is 32.1. The van der Waals surface area contributed by atoms with Crippen LogP contribution in [0.15, 0.2) is 5.38 Å². The van der Waals surface area contributed by atoms with Gasteiger partial charge >= 0.3 is 11.9 Å². The average Bonchev–Trinajstić information content (AvgIpc) is 2.77. The highest BCUT2D eigenvalue weighted by Gasteiger charge is 2.09. The van der Waals surface area contributed by atoms with Crippen LogP contribution in [-0.4, -0.2) is 30.6 Å². The summed E-state index contributed by atoms with van der Waals surface area (Å²) in [5, 5.41) is 2.02. The van der Waals surface area contributed by atoms with E-state index in [-0.39, 0.29) is 18.1 Å². The molecule has 0 amide bonds. The van der Waals surface area contributed by atoms with Crippen molar-refractivity contribution in [2.24, 2.45) is 0 Å². The zero-order valence-corrected chi connectivity index (χ0v) is 10.3. The molecule has 0 aliphatic rings. The Bertz CT molecular complexity index is 469. The summed E-state index contributed by atoms with van der Waals surface area (Å²) in [5.41, 5.74) is 0.220. The summed E-state index contributed by atoms with van der Waals surface area (Å²) in [7, 11) is 1.29. The van der Waals surface area contributed by atoms with Gasteiger partial charge in [-0.2, -0.15) is 0 Å². The van der Waals surface area contributed by atoms with Crippen molar-refractivity contribution in [1.29, 1.82) is 0 Å². The fourth-order valence-corrected chi connectivity index (χ4v) is 1.59. The second-order valence-electron chi connectivity index (χ2n) is 2.81. The zero-order valence-electron chi connectivity index (χ0n) is 9.48. The number of nitrogens with zero attached hydrogens (tertiary/aromatic N) is 1. The van der Waals surface area contributed by atoms with Crippen LogP contribution in [0.25, 0.3) is 0 Å². The first-order chi connectivity index (χ1) is 8.17. The van der Waals surface area contributed by atoms with Gasteiger partial charge in [0.1, 0.15) is 6.42 Å². The molecule has 1 rings (SSSR count). The van der Waals surface area contributed by atoms with Crippen LogP contribution in [0.5, 0.6) is 0 Å². The van der Waals surface area contributed by atoms with E-state index in [0.29, 0.717) is 11.6 Å². The molecule has 6 heteroatoms. The lowest BCUT2D eigenvalue weighted by molar-refractivity contribution is -0.141. The van der Waals surface area contributed by atoms with E-state index < -0.39 is 5.97 Å². The summed E-state index contributed by atoms with van der Waals surface area (Å²) in [6.45, 7) is 2.07. The molecule has 1 aromatic heterocycles. The van der Waals surface area contributed by atoms with Gasteiger partial charge in [-0.1, -0.05) is 5.92 Å². The maximum atomic E-state index is 11.1. The van der Waals surface area contributed by atoms with E-state index in [4.69, 9.17) is 4.74 Å². The molecular formula is C11H11NO4S. The maximum absolute atomic E-state index is 11.1. The van der Waals surface area contributed by atoms with Gasteiger partial charge in [0, 0.05) is 5.38 Å². The molecule has 0 aliphatic carbocycles. The van der Waals surface area contributed by atoms with Crippen molar-refractivity contribution in [2.75, 3.05) is 13.7 Å². The van der Waals surface area contributed by atoms with E-state index in [9.17, 15) is 9.59 Å². The van der Waals surface area contributed by atoms with Gasteiger partial charge in [0.25, 0.3) is 0 Å². The van der Waals surface area contributed by atoms with Crippen molar-refractivity contribution in [1.82, 2.24) is 4.98 Å². The fourth-order valence-electron chi connectivity index (χ4n) is 0.933. The topological polar surface area (TPSA) is 65.5 Å². The van der Waals surface area contributed by atoms with Crippen LogP contribution in [0.3, 0.4) is 0 Å². The Morgan fingerprint density at radius 3 is 2.94 bits per heavy atom. The maximum Gasteiger partial charge on any atom is 0.357 e. The summed E-state index contributed by atoms with van der Waals surface area (Å²) in [6, 6.07) is 0. The van der Waals surface area contributed by atoms with Crippen LogP contribution in [0, 0.1) is 11.8 Å². The van der Waals surface area contributed by atoms with E-state index in [2.05, 4.69) is 21.6 Å². The predicted octanol–water partition coefficient (Wildman–Crippen LogP) is 1.23. The first-order valence-corrected chi connectivity index (χ1v) is 5.73. The van der Waals surface area contributed by atoms with Crippen LogP contribution in [0.2, 0.25) is 0 Å². The van der Waals surface area contributed by atoms with Gasteiger partial charge < -0.3 is 9.47 Å². The number of aromatic nitrogens is 1. The molecule has 1 aromatic rings. The molecule has 0 spiro atoms. The minimum atomic E-state index is -0.500. The average molecular weight is 253 g/mol. The molecule has 0 N–H and O–H groups in total. The molecule has 0 aliphatic heterocycles. The van der Waals surface area contributed by atoms with Gasteiger partial charge in [0.15, 0.2) is 10.7 Å². The molecular weight excluding hydrogens is 242 g/mol. The van der Waals surface area contributed by atoms with Crippen LogP contribution in [-0.2, 0) is 14.3 Å². The number of ether oxygens (including phenoxy) is 2. The third kappa shape index (κ3) is 4.25. The lowest BCUT2D eigenvalue weighted by Gasteiger charge is -1.94. The van der Waals surface area contributed by atoms with Gasteiger partial charge in [-0.25, -0.2) is 9.78 Å². The normalized spacial score (nSPS) is 9.06. The molecule has 0 bridgehead atoms. The Balaban J connectivity index is 2.58. The molecule has 0 saturated carbocycles. The largest absolute Gasteiger partial charge is 0.465 e. The molecule has 0 radical (unpaired) electrons. The molecule has 17 heavy (non-hydrogen) atoms. The third-order valence-electron chi connectivity index (χ3n) is 1.63. The summed E-state index contributed by atoms with van der Waals surface area (Å²) in [4.78, 5) is 26.0. The number of esters is 2. The Kier molecular flexibility index (Phi) is 5.17. The van der Waals surface area contributed by atoms with Gasteiger partial charge in [-0.3, -0.25) is 4.79 Å². The number of rotatable bonds is 3. The van der Waals surface area contributed by atoms with Gasteiger partial charge in [0.05, 0.1) is 13.7 Å². The fraction of sp³-hybridized carbons (Fsp3) is 0.364. The first kappa shape index (κ1) is 13.2. The van der Waals surface area contributed by atoms with E-state index in [1.54, 1.807) is 12.3 Å². The number of carbonyl (C=O) groups is 2. The van der Waals surface area contributed by atoms with E-state index in [1.807, 2.05) is 0 Å². The lowest BCUT2D eigenvalue weighted by Crippen LogP contribution is -2.02. The molecule has 0 atom stereocenters. The summed E-state index contributed by atoms with van der Waals surface area (Å²) in [5.74, 6) is 4.44. The van der Waals surface area contributed by atoms with Gasteiger partial charge in [-0.15, -0.1) is 11.3 Å². The van der Waals surface area contributed by atoms with E-state index >= 15 is 0 Å². The second kappa shape index (κ2) is 6.66. The lowest BCUT2D eigenvalue weighted by atomic mass is 10.4. The predicted molar refractivity (Wildman–Crippen MR) is 61.6 cm³/mol. The van der Waals surface area contributed by atoms with E-state index in [0.717, 1.165) is 0 Å². The van der Waals surface area contributed by atoms with Crippen molar-refractivity contribution in [3.63, 3.8) is 0 Å². The highest BCUT2D eigenvalue weighted by Crippen LogP contribution is 2.09. The molecule has 5 nitrogen and oxygen atoms in total. The SMILES string of the molecule is CCOC(=O)CC#Cc1nc(C(=O)OC)cs1. The Labute approximate surface area is 103 Å². The van der Waals surface area contributed by atoms with Crippen LogP contribution in [0.4, 0.5) is 0 Å².